The van der Waals surface area contributed by atoms with Gasteiger partial charge >= 0.3 is 0 Å². The van der Waals surface area contributed by atoms with Crippen molar-refractivity contribution in [2.45, 2.75) is 0 Å². The third-order valence-corrected chi connectivity index (χ3v) is 12.0. The summed E-state index contributed by atoms with van der Waals surface area (Å²) in [5.74, 6) is 0.448. The average molecular weight is 733 g/mol. The Labute approximate surface area is 334 Å². The highest BCUT2D eigenvalue weighted by Gasteiger charge is 2.27. The number of para-hydroxylation sites is 2. The lowest BCUT2D eigenvalue weighted by atomic mass is 9.88. The zero-order chi connectivity index (χ0) is 38.5. The van der Waals surface area contributed by atoms with Gasteiger partial charge in [-0.1, -0.05) is 158 Å². The highest BCUT2D eigenvalue weighted by atomic mass is 14.9. The molecule has 0 saturated heterocycles. The summed E-state index contributed by atoms with van der Waals surface area (Å²) < 4.78 is 0. The van der Waals surface area contributed by atoms with Gasteiger partial charge in [0.15, 0.2) is 11.4 Å². The maximum atomic E-state index is 8.20. The second-order valence-corrected chi connectivity index (χ2v) is 14.9. The van der Waals surface area contributed by atoms with Gasteiger partial charge in [0.1, 0.15) is 5.82 Å². The maximum absolute atomic E-state index is 8.20. The first-order chi connectivity index (χ1) is 28.7. The van der Waals surface area contributed by atoms with Crippen LogP contribution in [0, 0.1) is 13.1 Å². The molecule has 4 heteroatoms. The van der Waals surface area contributed by atoms with Crippen molar-refractivity contribution >= 4 is 43.8 Å². The Balaban J connectivity index is 1.23. The number of rotatable bonds is 4. The number of aromatic nitrogens is 2. The normalized spacial score (nSPS) is 11.8. The van der Waals surface area contributed by atoms with E-state index >= 15 is 0 Å². The third-order valence-electron chi connectivity index (χ3n) is 12.0. The van der Waals surface area contributed by atoms with E-state index in [4.69, 9.17) is 23.1 Å². The summed E-state index contributed by atoms with van der Waals surface area (Å²) >= 11 is 0. The first-order valence-corrected chi connectivity index (χ1v) is 19.3. The minimum atomic E-state index is 0.448. The fourth-order valence-electron chi connectivity index (χ4n) is 9.55. The van der Waals surface area contributed by atoms with Crippen LogP contribution >= 0.6 is 0 Å². The lowest BCUT2D eigenvalue weighted by Gasteiger charge is -2.18. The maximum Gasteiger partial charge on any atom is 0.198 e. The molecule has 0 aliphatic heterocycles. The van der Waals surface area contributed by atoms with E-state index in [-0.39, 0.29) is 0 Å². The van der Waals surface area contributed by atoms with Crippen LogP contribution in [-0.2, 0) is 0 Å². The summed E-state index contributed by atoms with van der Waals surface area (Å²) in [6.07, 6.45) is 0. The lowest BCUT2D eigenvalue weighted by Crippen LogP contribution is -1.99. The van der Waals surface area contributed by atoms with Gasteiger partial charge in [0, 0.05) is 22.1 Å². The van der Waals surface area contributed by atoms with Gasteiger partial charge in [-0.05, 0) is 94.9 Å². The van der Waals surface area contributed by atoms with Crippen molar-refractivity contribution in [2.75, 3.05) is 0 Å². The monoisotopic (exact) mass is 732 g/mol. The minimum Gasteiger partial charge on any atom is -0.237 e. The van der Waals surface area contributed by atoms with Crippen molar-refractivity contribution in [3.63, 3.8) is 0 Å². The van der Waals surface area contributed by atoms with E-state index in [9.17, 15) is 0 Å². The molecule has 0 saturated carbocycles. The Morgan fingerprint density at radius 1 is 0.328 bits per heavy atom. The van der Waals surface area contributed by atoms with E-state index in [0.29, 0.717) is 28.5 Å². The molecule has 0 fully saturated rings. The standard InChI is InChI=1S/C54H28N4/c1-55-48-23-9-7-17-44(48)52-47-30-31(32-25-27-42-35-15-5-3-13-33(35)39-20-11-19-38(32)50(39)42)29-46(53(47)58-54(57-52)45-18-8-10-24-49(45)56-2)37-26-28-43-36-16-6-4-14-34(36)40-21-12-22-41(37)51(40)43/h3-30H. The SMILES string of the molecule is [C-]#[N+]c1ccccc1-c1nc(-c2ccccc2[N+]#[C-])c2cc(-c3ccc4c5c(cccc35)-c3ccccc3-4)cc(-c3ccc4c5c(cccc35)-c3ccccc3-4)c2n1. The van der Waals surface area contributed by atoms with Crippen LogP contribution in [0.4, 0.5) is 11.4 Å². The highest BCUT2D eigenvalue weighted by molar-refractivity contribution is 6.22. The van der Waals surface area contributed by atoms with Crippen molar-refractivity contribution < 1.29 is 0 Å². The first kappa shape index (κ1) is 32.1. The molecular weight excluding hydrogens is 705 g/mol. The van der Waals surface area contributed by atoms with Crippen LogP contribution in [-0.4, -0.2) is 9.97 Å². The topological polar surface area (TPSA) is 34.5 Å². The summed E-state index contributed by atoms with van der Waals surface area (Å²) in [4.78, 5) is 18.5. The van der Waals surface area contributed by atoms with Crippen molar-refractivity contribution in [1.82, 2.24) is 9.97 Å². The summed E-state index contributed by atoms with van der Waals surface area (Å²) in [5.41, 5.74) is 17.9. The smallest absolute Gasteiger partial charge is 0.198 e. The van der Waals surface area contributed by atoms with Crippen LogP contribution in [0.3, 0.4) is 0 Å². The molecule has 0 atom stereocenters. The molecule has 0 bridgehead atoms. The van der Waals surface area contributed by atoms with Gasteiger partial charge in [0.05, 0.1) is 24.4 Å². The Hall–Kier alpha value is -8.18. The molecular formula is C54H28N4. The zero-order valence-corrected chi connectivity index (χ0v) is 31.0. The molecule has 0 unspecified atom stereocenters. The molecule has 12 rings (SSSR count). The molecule has 0 amide bonds. The molecule has 10 aromatic rings. The Kier molecular flexibility index (Phi) is 6.73. The van der Waals surface area contributed by atoms with Crippen LogP contribution in [0.1, 0.15) is 0 Å². The molecule has 2 aliphatic carbocycles. The molecule has 0 spiro atoms. The molecule has 1 heterocycles. The first-order valence-electron chi connectivity index (χ1n) is 19.3. The molecule has 9 aromatic carbocycles. The van der Waals surface area contributed by atoms with Gasteiger partial charge in [-0.25, -0.2) is 19.7 Å². The molecule has 0 N–H and O–H groups in total. The largest absolute Gasteiger partial charge is 0.237 e. The van der Waals surface area contributed by atoms with Gasteiger partial charge < -0.3 is 0 Å². The van der Waals surface area contributed by atoms with Crippen molar-refractivity contribution in [1.29, 1.82) is 0 Å². The van der Waals surface area contributed by atoms with Gasteiger partial charge in [0.2, 0.25) is 0 Å². The molecule has 4 nitrogen and oxygen atoms in total. The van der Waals surface area contributed by atoms with E-state index in [2.05, 4.69) is 131 Å². The van der Waals surface area contributed by atoms with Crippen molar-refractivity contribution in [3.8, 4) is 89.4 Å². The third kappa shape index (κ3) is 4.43. The fourth-order valence-corrected chi connectivity index (χ4v) is 9.55. The van der Waals surface area contributed by atoms with Gasteiger partial charge in [0.25, 0.3) is 0 Å². The summed E-state index contributed by atoms with van der Waals surface area (Å²) in [6, 6.07) is 59.2. The molecule has 58 heavy (non-hydrogen) atoms. The van der Waals surface area contributed by atoms with Gasteiger partial charge in [-0.3, -0.25) is 0 Å². The summed E-state index contributed by atoms with van der Waals surface area (Å²) in [5, 5.41) is 5.65. The minimum absolute atomic E-state index is 0.448. The Morgan fingerprint density at radius 3 is 1.36 bits per heavy atom. The van der Waals surface area contributed by atoms with Crippen LogP contribution < -0.4 is 0 Å². The Bertz CT molecular complexity index is 3490. The van der Waals surface area contributed by atoms with Crippen LogP contribution in [0.15, 0.2) is 170 Å². The zero-order valence-electron chi connectivity index (χ0n) is 31.0. The average Bonchev–Trinajstić information content (AvgIpc) is 3.80. The second kappa shape index (κ2) is 12.2. The number of fused-ring (bicyclic) bond motifs is 7. The van der Waals surface area contributed by atoms with E-state index in [1.165, 1.54) is 60.7 Å². The van der Waals surface area contributed by atoms with E-state index < -0.39 is 0 Å². The molecule has 2 aliphatic rings. The van der Waals surface area contributed by atoms with Crippen molar-refractivity contribution in [2.24, 2.45) is 0 Å². The van der Waals surface area contributed by atoms with Gasteiger partial charge in [-0.15, -0.1) is 0 Å². The van der Waals surface area contributed by atoms with Crippen LogP contribution in [0.25, 0.3) is 132 Å². The Morgan fingerprint density at radius 2 is 0.776 bits per heavy atom. The highest BCUT2D eigenvalue weighted by Crippen LogP contribution is 2.53. The summed E-state index contributed by atoms with van der Waals surface area (Å²) in [7, 11) is 0. The number of nitrogens with zero attached hydrogens (tertiary/aromatic N) is 4. The fraction of sp³-hybridized carbons (Fsp3) is 0. The molecule has 1 aromatic heterocycles. The van der Waals surface area contributed by atoms with E-state index in [1.807, 2.05) is 48.5 Å². The number of hydrogen-bond acceptors (Lipinski definition) is 2. The summed E-state index contributed by atoms with van der Waals surface area (Å²) in [6.45, 7) is 16.2. The van der Waals surface area contributed by atoms with E-state index in [0.717, 1.165) is 44.1 Å². The second-order valence-electron chi connectivity index (χ2n) is 14.9. The van der Waals surface area contributed by atoms with Crippen LogP contribution in [0.5, 0.6) is 0 Å². The van der Waals surface area contributed by atoms with Crippen molar-refractivity contribution in [3.05, 3.63) is 193 Å². The molecule has 0 radical (unpaired) electrons. The number of benzene rings is 9. The lowest BCUT2D eigenvalue weighted by molar-refractivity contribution is 1.23. The number of hydrogen-bond donors (Lipinski definition) is 0. The van der Waals surface area contributed by atoms with E-state index in [1.54, 1.807) is 0 Å². The quantitative estimate of drug-likeness (QED) is 0.169. The van der Waals surface area contributed by atoms with Crippen LogP contribution in [0.2, 0.25) is 0 Å². The predicted molar refractivity (Wildman–Crippen MR) is 238 cm³/mol. The molecule has 264 valence electrons. The predicted octanol–water partition coefficient (Wildman–Crippen LogP) is 15.0. The van der Waals surface area contributed by atoms with Gasteiger partial charge in [-0.2, -0.15) is 0 Å².